The molecule has 1 atom stereocenters. The van der Waals surface area contributed by atoms with E-state index in [2.05, 4.69) is 6.07 Å². The molecular weight excluding hydrogens is 216 g/mol. The van der Waals surface area contributed by atoms with Crippen LogP contribution in [0.3, 0.4) is 0 Å². The van der Waals surface area contributed by atoms with Crippen molar-refractivity contribution in [1.29, 1.82) is 5.26 Å². The van der Waals surface area contributed by atoms with Gasteiger partial charge in [-0.15, -0.1) is 0 Å². The van der Waals surface area contributed by atoms with Crippen LogP contribution in [0.5, 0.6) is 0 Å². The van der Waals surface area contributed by atoms with Crippen LogP contribution in [0.15, 0.2) is 0 Å². The maximum absolute atomic E-state index is 12.4. The number of aliphatic hydroxyl groups is 1. The van der Waals surface area contributed by atoms with Gasteiger partial charge in [0.15, 0.2) is 0 Å². The first kappa shape index (κ1) is 12.4. The highest BCUT2D eigenvalue weighted by molar-refractivity contribution is 5.85. The molecule has 1 aliphatic heterocycles. The maximum atomic E-state index is 12.4. The summed E-state index contributed by atoms with van der Waals surface area (Å²) in [5, 5.41) is 18.4. The van der Waals surface area contributed by atoms with Crippen molar-refractivity contribution in [2.45, 2.75) is 38.5 Å². The molecule has 4 heteroatoms. The molecule has 2 fully saturated rings. The molecule has 1 saturated carbocycles. The number of likely N-dealkylation sites (tertiary alicyclic amines) is 1. The van der Waals surface area contributed by atoms with E-state index in [9.17, 15) is 10.1 Å². The SMILES string of the molecule is N#CC1(C(=O)N2CCC(CO)C2)CCCCC1. The zero-order chi connectivity index (χ0) is 12.3. The molecule has 2 rings (SSSR count). The summed E-state index contributed by atoms with van der Waals surface area (Å²) in [6, 6.07) is 2.27. The van der Waals surface area contributed by atoms with Crippen LogP contribution in [-0.4, -0.2) is 35.6 Å². The second-order valence-corrected chi connectivity index (χ2v) is 5.34. The Kier molecular flexibility index (Phi) is 3.68. The fourth-order valence-electron chi connectivity index (χ4n) is 3.00. The van der Waals surface area contributed by atoms with Gasteiger partial charge in [0.25, 0.3) is 0 Å². The summed E-state index contributed by atoms with van der Waals surface area (Å²) in [6.07, 6.45) is 5.39. The molecule has 1 saturated heterocycles. The number of carbonyl (C=O) groups excluding carboxylic acids is 1. The molecule has 1 aliphatic carbocycles. The summed E-state index contributed by atoms with van der Waals surface area (Å²) < 4.78 is 0. The van der Waals surface area contributed by atoms with Gasteiger partial charge in [-0.2, -0.15) is 5.26 Å². The molecule has 1 heterocycles. The van der Waals surface area contributed by atoms with Gasteiger partial charge in [-0.3, -0.25) is 4.79 Å². The van der Waals surface area contributed by atoms with Crippen LogP contribution >= 0.6 is 0 Å². The summed E-state index contributed by atoms with van der Waals surface area (Å²) >= 11 is 0. The lowest BCUT2D eigenvalue weighted by molar-refractivity contribution is -0.139. The number of rotatable bonds is 2. The van der Waals surface area contributed by atoms with Crippen LogP contribution in [0.2, 0.25) is 0 Å². The highest BCUT2D eigenvalue weighted by atomic mass is 16.3. The minimum Gasteiger partial charge on any atom is -0.396 e. The summed E-state index contributed by atoms with van der Waals surface area (Å²) in [6.45, 7) is 1.47. The van der Waals surface area contributed by atoms with Gasteiger partial charge < -0.3 is 10.0 Å². The Hall–Kier alpha value is -1.08. The predicted molar refractivity (Wildman–Crippen MR) is 62.9 cm³/mol. The molecule has 1 unspecified atom stereocenters. The van der Waals surface area contributed by atoms with Crippen LogP contribution in [0, 0.1) is 22.7 Å². The number of nitriles is 1. The molecule has 0 spiro atoms. The molecule has 0 bridgehead atoms. The van der Waals surface area contributed by atoms with Gasteiger partial charge in [0.2, 0.25) is 5.91 Å². The lowest BCUT2D eigenvalue weighted by Gasteiger charge is -2.33. The van der Waals surface area contributed by atoms with Crippen molar-refractivity contribution in [3.8, 4) is 6.07 Å². The summed E-state index contributed by atoms with van der Waals surface area (Å²) in [5.41, 5.74) is -0.761. The number of hydrogen-bond donors (Lipinski definition) is 1. The predicted octanol–water partition coefficient (Wildman–Crippen LogP) is 1.30. The summed E-state index contributed by atoms with van der Waals surface area (Å²) in [7, 11) is 0. The van der Waals surface area contributed by atoms with E-state index in [-0.39, 0.29) is 18.4 Å². The van der Waals surface area contributed by atoms with Gasteiger partial charge in [0.05, 0.1) is 6.07 Å². The smallest absolute Gasteiger partial charge is 0.243 e. The van der Waals surface area contributed by atoms with Crippen molar-refractivity contribution in [2.24, 2.45) is 11.3 Å². The molecule has 2 aliphatic rings. The van der Waals surface area contributed by atoms with E-state index >= 15 is 0 Å². The molecule has 17 heavy (non-hydrogen) atoms. The lowest BCUT2D eigenvalue weighted by atomic mass is 9.74. The fourth-order valence-corrected chi connectivity index (χ4v) is 3.00. The van der Waals surface area contributed by atoms with E-state index in [4.69, 9.17) is 5.11 Å². The number of aliphatic hydroxyl groups excluding tert-OH is 1. The number of nitrogens with zero attached hydrogens (tertiary/aromatic N) is 2. The second-order valence-electron chi connectivity index (χ2n) is 5.34. The van der Waals surface area contributed by atoms with Crippen LogP contribution in [-0.2, 0) is 4.79 Å². The van der Waals surface area contributed by atoms with Gasteiger partial charge in [-0.25, -0.2) is 0 Å². The van der Waals surface area contributed by atoms with Crippen LogP contribution in [0.4, 0.5) is 0 Å². The molecule has 94 valence electrons. The minimum atomic E-state index is -0.761. The maximum Gasteiger partial charge on any atom is 0.243 e. The van der Waals surface area contributed by atoms with E-state index < -0.39 is 5.41 Å². The van der Waals surface area contributed by atoms with Gasteiger partial charge in [0.1, 0.15) is 5.41 Å². The Morgan fingerprint density at radius 1 is 1.41 bits per heavy atom. The van der Waals surface area contributed by atoms with Gasteiger partial charge >= 0.3 is 0 Å². The molecule has 1 N–H and O–H groups in total. The molecular formula is C13H20N2O2. The summed E-state index contributed by atoms with van der Waals surface area (Å²) in [5.74, 6) is 0.217. The Balaban J connectivity index is 2.05. The van der Waals surface area contributed by atoms with Gasteiger partial charge in [-0.05, 0) is 19.3 Å². The third-order valence-corrected chi connectivity index (χ3v) is 4.16. The van der Waals surface area contributed by atoms with Crippen LogP contribution in [0.1, 0.15) is 38.5 Å². The monoisotopic (exact) mass is 236 g/mol. The standard InChI is InChI=1S/C13H20N2O2/c14-10-13(5-2-1-3-6-13)12(17)15-7-4-11(8-15)9-16/h11,16H,1-9H2. The van der Waals surface area contributed by atoms with E-state index in [0.717, 1.165) is 25.7 Å². The lowest BCUT2D eigenvalue weighted by Crippen LogP contribution is -2.43. The van der Waals surface area contributed by atoms with E-state index in [1.165, 1.54) is 0 Å². The van der Waals surface area contributed by atoms with E-state index in [0.29, 0.717) is 25.9 Å². The molecule has 4 nitrogen and oxygen atoms in total. The van der Waals surface area contributed by atoms with E-state index in [1.807, 2.05) is 0 Å². The first-order valence-corrected chi connectivity index (χ1v) is 6.53. The molecule has 0 aromatic carbocycles. The van der Waals surface area contributed by atoms with Crippen molar-refractivity contribution in [2.75, 3.05) is 19.7 Å². The number of amides is 1. The third-order valence-electron chi connectivity index (χ3n) is 4.16. The Morgan fingerprint density at radius 3 is 2.65 bits per heavy atom. The van der Waals surface area contributed by atoms with Crippen molar-refractivity contribution >= 4 is 5.91 Å². The first-order valence-electron chi connectivity index (χ1n) is 6.53. The quantitative estimate of drug-likeness (QED) is 0.786. The Labute approximate surface area is 102 Å². The van der Waals surface area contributed by atoms with Crippen LogP contribution < -0.4 is 0 Å². The molecule has 1 amide bonds. The average molecular weight is 236 g/mol. The van der Waals surface area contributed by atoms with Crippen molar-refractivity contribution < 1.29 is 9.90 Å². The highest BCUT2D eigenvalue weighted by Crippen LogP contribution is 2.38. The average Bonchev–Trinajstić information content (AvgIpc) is 2.87. The van der Waals surface area contributed by atoms with Gasteiger partial charge in [-0.1, -0.05) is 19.3 Å². The third kappa shape index (κ3) is 2.30. The van der Waals surface area contributed by atoms with Crippen molar-refractivity contribution in [3.05, 3.63) is 0 Å². The summed E-state index contributed by atoms with van der Waals surface area (Å²) in [4.78, 5) is 14.2. The molecule has 0 aromatic rings. The highest BCUT2D eigenvalue weighted by Gasteiger charge is 2.43. The Morgan fingerprint density at radius 2 is 2.12 bits per heavy atom. The molecule has 0 radical (unpaired) electrons. The fraction of sp³-hybridized carbons (Fsp3) is 0.846. The van der Waals surface area contributed by atoms with Gasteiger partial charge in [0, 0.05) is 25.6 Å². The van der Waals surface area contributed by atoms with Crippen LogP contribution in [0.25, 0.3) is 0 Å². The van der Waals surface area contributed by atoms with Crippen molar-refractivity contribution in [3.63, 3.8) is 0 Å². The number of hydrogen-bond acceptors (Lipinski definition) is 3. The minimum absolute atomic E-state index is 0.00986. The van der Waals surface area contributed by atoms with Crippen molar-refractivity contribution in [1.82, 2.24) is 4.90 Å². The second kappa shape index (κ2) is 5.05. The first-order chi connectivity index (χ1) is 8.22. The zero-order valence-corrected chi connectivity index (χ0v) is 10.2. The number of carbonyl (C=O) groups is 1. The topological polar surface area (TPSA) is 64.3 Å². The molecule has 0 aromatic heterocycles. The zero-order valence-electron chi connectivity index (χ0n) is 10.2. The normalized spacial score (nSPS) is 27.8. The van der Waals surface area contributed by atoms with E-state index in [1.54, 1.807) is 4.90 Å². The largest absolute Gasteiger partial charge is 0.396 e. The Bertz CT molecular complexity index is 329.